The fourth-order valence-electron chi connectivity index (χ4n) is 3.33. The van der Waals surface area contributed by atoms with Gasteiger partial charge in [-0.05, 0) is 30.4 Å². The molecule has 0 bridgehead atoms. The number of Topliss-reactive ketones (excluding diaryl/α,β-unsaturated/α-hetero) is 1. The van der Waals surface area contributed by atoms with Crippen LogP contribution in [0.5, 0.6) is 5.75 Å². The lowest BCUT2D eigenvalue weighted by molar-refractivity contribution is 0.0565. The molecule has 3 rings (SSSR count). The van der Waals surface area contributed by atoms with Crippen molar-refractivity contribution in [1.29, 1.82) is 0 Å². The van der Waals surface area contributed by atoms with Crippen LogP contribution in [0.1, 0.15) is 58.2 Å². The summed E-state index contributed by atoms with van der Waals surface area (Å²) in [6, 6.07) is 0.989. The smallest absolute Gasteiger partial charge is 0.374 e. The molecule has 1 heterocycles. The lowest BCUT2D eigenvalue weighted by Crippen LogP contribution is -2.17. The lowest BCUT2D eigenvalue weighted by atomic mass is 9.83. The second kappa shape index (κ2) is 6.11. The Morgan fingerprint density at radius 3 is 2.75 bits per heavy atom. The fourth-order valence-corrected chi connectivity index (χ4v) is 3.33. The number of fused-ring (bicyclic) bond motifs is 2. The highest BCUT2D eigenvalue weighted by molar-refractivity contribution is 6.07. The van der Waals surface area contributed by atoms with Crippen LogP contribution in [0.2, 0.25) is 0 Å². The predicted octanol–water partition coefficient (Wildman–Crippen LogP) is 2.76. The van der Waals surface area contributed by atoms with Crippen molar-refractivity contribution in [3.05, 3.63) is 38.7 Å². The molecular weight excluding hydrogens is 312 g/mol. The maximum Gasteiger partial charge on any atom is 0.374 e. The van der Waals surface area contributed by atoms with E-state index in [0.29, 0.717) is 25.7 Å². The topological polar surface area (TPSA) is 93.8 Å². The number of ketones is 1. The van der Waals surface area contributed by atoms with Crippen LogP contribution in [0.25, 0.3) is 11.0 Å². The first-order chi connectivity index (χ1) is 11.5. The molecule has 0 spiro atoms. The van der Waals surface area contributed by atoms with Crippen LogP contribution < -0.4 is 5.43 Å². The molecule has 1 aliphatic carbocycles. The van der Waals surface area contributed by atoms with Gasteiger partial charge in [-0.1, -0.05) is 13.3 Å². The molecule has 0 saturated heterocycles. The van der Waals surface area contributed by atoms with Crippen molar-refractivity contribution in [1.82, 2.24) is 0 Å². The Balaban J connectivity index is 2.46. The molecule has 126 valence electrons. The van der Waals surface area contributed by atoms with Gasteiger partial charge in [0.2, 0.25) is 5.76 Å². The average Bonchev–Trinajstić information content (AvgIpc) is 2.57. The number of rotatable bonds is 3. The van der Waals surface area contributed by atoms with Crippen LogP contribution in [0.4, 0.5) is 0 Å². The molecule has 1 N–H and O–H groups in total. The van der Waals surface area contributed by atoms with E-state index >= 15 is 0 Å². The number of ether oxygens (including phenoxy) is 1. The first-order valence-electron chi connectivity index (χ1n) is 7.95. The van der Waals surface area contributed by atoms with Crippen molar-refractivity contribution in [2.45, 2.75) is 39.0 Å². The van der Waals surface area contributed by atoms with E-state index in [0.717, 1.165) is 23.6 Å². The maximum absolute atomic E-state index is 12.5. The minimum absolute atomic E-state index is 0.0416. The Morgan fingerprint density at radius 2 is 2.08 bits per heavy atom. The van der Waals surface area contributed by atoms with Crippen molar-refractivity contribution in [3.63, 3.8) is 0 Å². The zero-order chi connectivity index (χ0) is 17.4. The summed E-state index contributed by atoms with van der Waals surface area (Å²) in [5, 5.41) is 10.5. The zero-order valence-electron chi connectivity index (χ0n) is 13.6. The van der Waals surface area contributed by atoms with Crippen molar-refractivity contribution < 1.29 is 23.8 Å². The number of phenolic OH excluding ortho intramolecular Hbond substituents is 1. The lowest BCUT2D eigenvalue weighted by Gasteiger charge is -2.21. The molecule has 0 atom stereocenters. The van der Waals surface area contributed by atoms with E-state index in [1.165, 1.54) is 7.11 Å². The van der Waals surface area contributed by atoms with Crippen LogP contribution in [-0.2, 0) is 17.6 Å². The van der Waals surface area contributed by atoms with Gasteiger partial charge in [-0.15, -0.1) is 0 Å². The van der Waals surface area contributed by atoms with E-state index in [1.54, 1.807) is 0 Å². The van der Waals surface area contributed by atoms with Gasteiger partial charge in [-0.3, -0.25) is 9.59 Å². The zero-order valence-corrected chi connectivity index (χ0v) is 13.6. The Kier molecular flexibility index (Phi) is 4.13. The molecule has 0 fully saturated rings. The number of carbonyl (C=O) groups excluding carboxylic acids is 2. The van der Waals surface area contributed by atoms with Gasteiger partial charge in [0.25, 0.3) is 0 Å². The summed E-state index contributed by atoms with van der Waals surface area (Å²) >= 11 is 0. The third-order valence-electron chi connectivity index (χ3n) is 4.36. The summed E-state index contributed by atoms with van der Waals surface area (Å²) in [6.07, 6.45) is 3.02. The first kappa shape index (κ1) is 16.2. The molecule has 24 heavy (non-hydrogen) atoms. The van der Waals surface area contributed by atoms with Crippen LogP contribution >= 0.6 is 0 Å². The van der Waals surface area contributed by atoms with E-state index in [1.807, 2.05) is 6.92 Å². The highest BCUT2D eigenvalue weighted by Crippen LogP contribution is 2.38. The molecule has 6 heteroatoms. The van der Waals surface area contributed by atoms with Crippen molar-refractivity contribution in [2.24, 2.45) is 0 Å². The van der Waals surface area contributed by atoms with E-state index < -0.39 is 11.4 Å². The van der Waals surface area contributed by atoms with Crippen molar-refractivity contribution in [3.8, 4) is 5.75 Å². The largest absolute Gasteiger partial charge is 0.506 e. The monoisotopic (exact) mass is 330 g/mol. The van der Waals surface area contributed by atoms with E-state index in [-0.39, 0.29) is 33.8 Å². The Labute approximate surface area is 138 Å². The standard InChI is InChI=1S/C18H18O6/c1-3-5-10-9-6-4-7-11(19)14(9)16(21)15-12(20)8-13(18(22)23-2)24-17(10)15/h8,21H,3-7H2,1-2H3. The predicted molar refractivity (Wildman–Crippen MR) is 86.8 cm³/mol. The highest BCUT2D eigenvalue weighted by Gasteiger charge is 2.29. The number of carbonyl (C=O) groups is 2. The van der Waals surface area contributed by atoms with Gasteiger partial charge in [0.05, 0.1) is 12.7 Å². The van der Waals surface area contributed by atoms with Gasteiger partial charge in [0.15, 0.2) is 11.2 Å². The number of aromatic hydroxyl groups is 1. The molecule has 1 aliphatic rings. The molecule has 0 radical (unpaired) electrons. The molecule has 1 aromatic heterocycles. The van der Waals surface area contributed by atoms with E-state index in [4.69, 9.17) is 4.42 Å². The molecule has 0 saturated carbocycles. The van der Waals surface area contributed by atoms with Gasteiger partial charge in [0, 0.05) is 12.5 Å². The first-order valence-corrected chi connectivity index (χ1v) is 7.95. The van der Waals surface area contributed by atoms with Gasteiger partial charge < -0.3 is 14.3 Å². The summed E-state index contributed by atoms with van der Waals surface area (Å²) in [4.78, 5) is 36.5. The van der Waals surface area contributed by atoms with Crippen LogP contribution in [0.15, 0.2) is 15.3 Å². The Bertz CT molecular complexity index is 906. The summed E-state index contributed by atoms with van der Waals surface area (Å²) in [5.74, 6) is -1.47. The summed E-state index contributed by atoms with van der Waals surface area (Å²) < 4.78 is 10.2. The normalized spacial score (nSPS) is 13.8. The Morgan fingerprint density at radius 1 is 1.33 bits per heavy atom. The number of hydrogen-bond acceptors (Lipinski definition) is 6. The quantitative estimate of drug-likeness (QED) is 0.870. The number of aryl methyl sites for hydroxylation is 1. The van der Waals surface area contributed by atoms with E-state index in [9.17, 15) is 19.5 Å². The molecule has 0 aliphatic heterocycles. The van der Waals surface area contributed by atoms with Crippen LogP contribution in [0, 0.1) is 0 Å². The number of phenols is 1. The van der Waals surface area contributed by atoms with Gasteiger partial charge in [-0.25, -0.2) is 4.79 Å². The molecule has 1 aromatic carbocycles. The van der Waals surface area contributed by atoms with Crippen LogP contribution in [-0.4, -0.2) is 24.0 Å². The van der Waals surface area contributed by atoms with E-state index in [2.05, 4.69) is 4.74 Å². The summed E-state index contributed by atoms with van der Waals surface area (Å²) in [5.41, 5.74) is 1.29. The summed E-state index contributed by atoms with van der Waals surface area (Å²) in [7, 11) is 1.20. The number of benzene rings is 1. The minimum atomic E-state index is -0.760. The van der Waals surface area contributed by atoms with Crippen molar-refractivity contribution >= 4 is 22.7 Å². The highest BCUT2D eigenvalue weighted by atomic mass is 16.5. The molecule has 0 unspecified atom stereocenters. The second-order valence-electron chi connectivity index (χ2n) is 5.88. The molecule has 6 nitrogen and oxygen atoms in total. The summed E-state index contributed by atoms with van der Waals surface area (Å²) in [6.45, 7) is 1.97. The second-order valence-corrected chi connectivity index (χ2v) is 5.88. The SMILES string of the molecule is CCCc1c2c(c(O)c3c(=O)cc(C(=O)OC)oc13)C(=O)CCC2. The average molecular weight is 330 g/mol. The molecule has 0 amide bonds. The van der Waals surface area contributed by atoms with Crippen LogP contribution in [0.3, 0.4) is 0 Å². The molecule has 2 aromatic rings. The maximum atomic E-state index is 12.5. The van der Waals surface area contributed by atoms with Crippen molar-refractivity contribution in [2.75, 3.05) is 7.11 Å². The Hall–Kier alpha value is -2.63. The number of esters is 1. The number of methoxy groups -OCH3 is 1. The minimum Gasteiger partial charge on any atom is -0.506 e. The third-order valence-corrected chi connectivity index (χ3v) is 4.36. The fraction of sp³-hybridized carbons (Fsp3) is 0.389. The number of hydrogen-bond donors (Lipinski definition) is 1. The molecular formula is C18H18O6. The third kappa shape index (κ3) is 2.38. The van der Waals surface area contributed by atoms with Gasteiger partial charge in [0.1, 0.15) is 16.7 Å². The van der Waals surface area contributed by atoms with Gasteiger partial charge >= 0.3 is 5.97 Å². The van der Waals surface area contributed by atoms with Gasteiger partial charge in [-0.2, -0.15) is 0 Å².